The first-order valence-electron chi connectivity index (χ1n) is 6.76. The summed E-state index contributed by atoms with van der Waals surface area (Å²) < 4.78 is 15.7. The molecule has 0 radical (unpaired) electrons. The summed E-state index contributed by atoms with van der Waals surface area (Å²) in [7, 11) is 1.88. The van der Waals surface area contributed by atoms with E-state index < -0.39 is 0 Å². The van der Waals surface area contributed by atoms with Crippen LogP contribution < -0.4 is 5.32 Å². The Morgan fingerprint density at radius 1 is 1.45 bits per heavy atom. The molecule has 1 unspecified atom stereocenters. The zero-order valence-corrected chi connectivity index (χ0v) is 12.5. The Balaban J connectivity index is 2.18. The van der Waals surface area contributed by atoms with Gasteiger partial charge in [-0.3, -0.25) is 4.68 Å². The molecule has 0 spiro atoms. The van der Waals surface area contributed by atoms with Crippen LogP contribution in [0.3, 0.4) is 0 Å². The van der Waals surface area contributed by atoms with Crippen LogP contribution in [0.2, 0.25) is 5.02 Å². The first-order valence-corrected chi connectivity index (χ1v) is 7.13. The van der Waals surface area contributed by atoms with Crippen molar-refractivity contribution in [2.75, 3.05) is 6.54 Å². The van der Waals surface area contributed by atoms with Gasteiger partial charge in [-0.2, -0.15) is 5.10 Å². The number of nitrogens with zero attached hydrogens (tertiary/aromatic N) is 2. The van der Waals surface area contributed by atoms with Gasteiger partial charge in [-0.25, -0.2) is 4.39 Å². The Kier molecular flexibility index (Phi) is 5.15. The van der Waals surface area contributed by atoms with Crippen molar-refractivity contribution in [1.29, 1.82) is 0 Å². The molecule has 5 heteroatoms. The molecule has 0 aliphatic heterocycles. The largest absolute Gasteiger partial charge is 0.310 e. The van der Waals surface area contributed by atoms with E-state index in [1.165, 1.54) is 6.07 Å². The summed E-state index contributed by atoms with van der Waals surface area (Å²) in [4.78, 5) is 0. The Hall–Kier alpha value is -1.39. The quantitative estimate of drug-likeness (QED) is 0.884. The molecule has 2 rings (SSSR count). The van der Waals surface area contributed by atoms with Gasteiger partial charge in [-0.15, -0.1) is 0 Å². The fourth-order valence-electron chi connectivity index (χ4n) is 2.15. The lowest BCUT2D eigenvalue weighted by Crippen LogP contribution is -2.24. The molecule has 0 aliphatic rings. The molecule has 0 saturated carbocycles. The molecule has 0 aliphatic carbocycles. The Morgan fingerprint density at radius 2 is 2.25 bits per heavy atom. The molecule has 0 bridgehead atoms. The molecule has 1 aromatic heterocycles. The highest BCUT2D eigenvalue weighted by atomic mass is 35.5. The SMILES string of the molecule is CCCNC(Cc1ccc(Cl)cc1F)c1cnn(C)c1. The van der Waals surface area contributed by atoms with E-state index in [4.69, 9.17) is 11.6 Å². The van der Waals surface area contributed by atoms with E-state index in [1.807, 2.05) is 19.4 Å². The van der Waals surface area contributed by atoms with Crippen molar-refractivity contribution in [1.82, 2.24) is 15.1 Å². The Bertz CT molecular complexity index is 568. The minimum atomic E-state index is -0.260. The van der Waals surface area contributed by atoms with Gasteiger partial charge in [0.15, 0.2) is 0 Å². The van der Waals surface area contributed by atoms with Crippen molar-refractivity contribution in [3.8, 4) is 0 Å². The molecule has 0 fully saturated rings. The molecule has 0 saturated heterocycles. The monoisotopic (exact) mass is 295 g/mol. The summed E-state index contributed by atoms with van der Waals surface area (Å²) in [5, 5.41) is 8.04. The first-order chi connectivity index (χ1) is 9.60. The van der Waals surface area contributed by atoms with E-state index in [0.29, 0.717) is 17.0 Å². The lowest BCUT2D eigenvalue weighted by Gasteiger charge is -2.17. The van der Waals surface area contributed by atoms with Gasteiger partial charge in [-0.1, -0.05) is 24.6 Å². The van der Waals surface area contributed by atoms with Crippen LogP contribution in [0.1, 0.15) is 30.5 Å². The Labute approximate surface area is 123 Å². The van der Waals surface area contributed by atoms with Crippen LogP contribution in [-0.4, -0.2) is 16.3 Å². The maximum Gasteiger partial charge on any atom is 0.127 e. The summed E-state index contributed by atoms with van der Waals surface area (Å²) in [5.74, 6) is -0.260. The number of benzene rings is 1. The van der Waals surface area contributed by atoms with E-state index in [0.717, 1.165) is 18.5 Å². The maximum atomic E-state index is 13.9. The van der Waals surface area contributed by atoms with Gasteiger partial charge in [0.1, 0.15) is 5.82 Å². The standard InChI is InChI=1S/C15H19ClFN3/c1-3-6-18-15(12-9-19-20(2)10-12)7-11-4-5-13(16)8-14(11)17/h4-5,8-10,15,18H,3,6-7H2,1-2H3. The summed E-state index contributed by atoms with van der Waals surface area (Å²) in [5.41, 5.74) is 1.72. The zero-order chi connectivity index (χ0) is 14.5. The van der Waals surface area contributed by atoms with Gasteiger partial charge >= 0.3 is 0 Å². The normalized spacial score (nSPS) is 12.6. The zero-order valence-electron chi connectivity index (χ0n) is 11.7. The van der Waals surface area contributed by atoms with E-state index in [1.54, 1.807) is 16.8 Å². The van der Waals surface area contributed by atoms with Gasteiger partial charge in [-0.05, 0) is 37.1 Å². The Morgan fingerprint density at radius 3 is 2.85 bits per heavy atom. The van der Waals surface area contributed by atoms with Gasteiger partial charge in [0.2, 0.25) is 0 Å². The van der Waals surface area contributed by atoms with Crippen LogP contribution in [0.15, 0.2) is 30.6 Å². The summed E-state index contributed by atoms with van der Waals surface area (Å²) in [6.45, 7) is 2.99. The number of aromatic nitrogens is 2. The molecule has 3 nitrogen and oxygen atoms in total. The number of halogens is 2. The van der Waals surface area contributed by atoms with Crippen LogP contribution in [0.25, 0.3) is 0 Å². The van der Waals surface area contributed by atoms with Gasteiger partial charge in [0, 0.05) is 29.9 Å². The summed E-state index contributed by atoms with van der Waals surface area (Å²) in [6.07, 6.45) is 5.39. The van der Waals surface area contributed by atoms with Crippen molar-refractivity contribution in [3.63, 3.8) is 0 Å². The smallest absolute Gasteiger partial charge is 0.127 e. The molecule has 0 amide bonds. The van der Waals surface area contributed by atoms with Crippen molar-refractivity contribution in [3.05, 3.63) is 52.6 Å². The van der Waals surface area contributed by atoms with Crippen molar-refractivity contribution in [2.24, 2.45) is 7.05 Å². The van der Waals surface area contributed by atoms with Crippen LogP contribution in [0, 0.1) is 5.82 Å². The van der Waals surface area contributed by atoms with Crippen LogP contribution >= 0.6 is 11.6 Å². The predicted molar refractivity (Wildman–Crippen MR) is 79.4 cm³/mol. The third kappa shape index (κ3) is 3.81. The van der Waals surface area contributed by atoms with Crippen LogP contribution in [0.5, 0.6) is 0 Å². The lowest BCUT2D eigenvalue weighted by molar-refractivity contribution is 0.512. The molecular formula is C15H19ClFN3. The highest BCUT2D eigenvalue weighted by Crippen LogP contribution is 2.22. The number of hydrogen-bond acceptors (Lipinski definition) is 2. The minimum absolute atomic E-state index is 0.0549. The summed E-state index contributed by atoms with van der Waals surface area (Å²) >= 11 is 5.79. The van der Waals surface area contributed by atoms with Crippen molar-refractivity contribution >= 4 is 11.6 Å². The lowest BCUT2D eigenvalue weighted by atomic mass is 10.0. The average Bonchev–Trinajstić information content (AvgIpc) is 2.83. The topological polar surface area (TPSA) is 29.9 Å². The van der Waals surface area contributed by atoms with Crippen molar-refractivity contribution in [2.45, 2.75) is 25.8 Å². The molecular weight excluding hydrogens is 277 g/mol. The minimum Gasteiger partial charge on any atom is -0.310 e. The molecule has 108 valence electrons. The average molecular weight is 296 g/mol. The van der Waals surface area contributed by atoms with Crippen LogP contribution in [0.4, 0.5) is 4.39 Å². The molecule has 1 aromatic carbocycles. The van der Waals surface area contributed by atoms with E-state index >= 15 is 0 Å². The highest BCUT2D eigenvalue weighted by molar-refractivity contribution is 6.30. The van der Waals surface area contributed by atoms with E-state index in [2.05, 4.69) is 17.3 Å². The molecule has 1 N–H and O–H groups in total. The molecule has 1 heterocycles. The fraction of sp³-hybridized carbons (Fsp3) is 0.400. The van der Waals surface area contributed by atoms with E-state index in [-0.39, 0.29) is 11.9 Å². The second kappa shape index (κ2) is 6.86. The van der Waals surface area contributed by atoms with E-state index in [9.17, 15) is 4.39 Å². The third-order valence-electron chi connectivity index (χ3n) is 3.21. The highest BCUT2D eigenvalue weighted by Gasteiger charge is 2.15. The number of aryl methyl sites for hydroxylation is 1. The maximum absolute atomic E-state index is 13.9. The van der Waals surface area contributed by atoms with Gasteiger partial charge in [0.25, 0.3) is 0 Å². The van der Waals surface area contributed by atoms with Gasteiger partial charge < -0.3 is 5.32 Å². The number of hydrogen-bond donors (Lipinski definition) is 1. The predicted octanol–water partition coefficient (Wildman–Crippen LogP) is 3.50. The molecule has 2 aromatic rings. The van der Waals surface area contributed by atoms with Crippen molar-refractivity contribution < 1.29 is 4.39 Å². The molecule has 20 heavy (non-hydrogen) atoms. The second-order valence-corrected chi connectivity index (χ2v) is 5.33. The third-order valence-corrected chi connectivity index (χ3v) is 3.44. The fourth-order valence-corrected chi connectivity index (χ4v) is 2.31. The number of rotatable bonds is 6. The van der Waals surface area contributed by atoms with Crippen LogP contribution in [-0.2, 0) is 13.5 Å². The molecule has 1 atom stereocenters. The number of nitrogens with one attached hydrogen (secondary N) is 1. The second-order valence-electron chi connectivity index (χ2n) is 4.89. The summed E-state index contributed by atoms with van der Waals surface area (Å²) in [6, 6.07) is 4.88. The first kappa shape index (κ1) is 15.0. The van der Waals surface area contributed by atoms with Gasteiger partial charge in [0.05, 0.1) is 6.20 Å².